The van der Waals surface area contributed by atoms with Gasteiger partial charge in [0.25, 0.3) is 0 Å². The molecule has 1 aromatic rings. The molecule has 29 heavy (non-hydrogen) atoms. The van der Waals surface area contributed by atoms with Gasteiger partial charge in [-0.1, -0.05) is 58.4 Å². The Morgan fingerprint density at radius 1 is 1.07 bits per heavy atom. The zero-order valence-corrected chi connectivity index (χ0v) is 18.7. The van der Waals surface area contributed by atoms with Gasteiger partial charge in [-0.3, -0.25) is 0 Å². The first-order valence-electron chi connectivity index (χ1n) is 10.6. The molecule has 0 bridgehead atoms. The van der Waals surface area contributed by atoms with Gasteiger partial charge in [-0.15, -0.1) is 0 Å². The normalized spacial score (nSPS) is 20.7. The van der Waals surface area contributed by atoms with Crippen LogP contribution < -0.4 is 0 Å². The average Bonchev–Trinajstić information content (AvgIpc) is 2.80. The largest absolute Gasteiger partial charge is 0.498 e. The number of hydrogen-bond acceptors (Lipinski definition) is 3. The standard InChI is InChI=1S/C22H30F2O3.C2H6/c1-5-16-9-12-20(27-13-16)18-10-7-17(8-11-18)14-26-19(6-2)22(24)21(23)15(3)25-4;1-2/h7-8,10-11,16,20H,5-6,9,12-14H2,1-4H3;1-2H3/b21-15-,22-19-;. The summed E-state index contributed by atoms with van der Waals surface area (Å²) in [6, 6.07) is 7.94. The van der Waals surface area contributed by atoms with Crippen molar-refractivity contribution in [2.24, 2.45) is 5.92 Å². The van der Waals surface area contributed by atoms with E-state index in [1.165, 1.54) is 20.5 Å². The molecule has 2 rings (SSSR count). The molecule has 1 aliphatic heterocycles. The third-order valence-corrected chi connectivity index (χ3v) is 5.09. The van der Waals surface area contributed by atoms with Crippen molar-refractivity contribution in [3.63, 3.8) is 0 Å². The fraction of sp³-hybridized carbons (Fsp3) is 0.583. The predicted molar refractivity (Wildman–Crippen MR) is 114 cm³/mol. The van der Waals surface area contributed by atoms with E-state index < -0.39 is 11.7 Å². The highest BCUT2D eigenvalue weighted by molar-refractivity contribution is 5.26. The maximum Gasteiger partial charge on any atom is 0.199 e. The van der Waals surface area contributed by atoms with Crippen LogP contribution in [0.2, 0.25) is 0 Å². The van der Waals surface area contributed by atoms with Crippen LogP contribution in [0.15, 0.2) is 47.4 Å². The lowest BCUT2D eigenvalue weighted by Gasteiger charge is -2.28. The van der Waals surface area contributed by atoms with E-state index >= 15 is 0 Å². The number of rotatable bonds is 8. The molecule has 1 aromatic carbocycles. The number of allylic oxidation sites excluding steroid dienone is 4. The highest BCUT2D eigenvalue weighted by atomic mass is 19.2. The molecule has 2 atom stereocenters. The Bertz CT molecular complexity index is 657. The van der Waals surface area contributed by atoms with E-state index in [1.54, 1.807) is 6.92 Å². The maximum absolute atomic E-state index is 14.2. The van der Waals surface area contributed by atoms with Crippen LogP contribution in [-0.4, -0.2) is 13.7 Å². The van der Waals surface area contributed by atoms with Gasteiger partial charge in [0.05, 0.1) is 19.8 Å². The summed E-state index contributed by atoms with van der Waals surface area (Å²) in [6.45, 7) is 10.3. The highest BCUT2D eigenvalue weighted by Gasteiger charge is 2.21. The van der Waals surface area contributed by atoms with E-state index in [-0.39, 0.29) is 30.6 Å². The van der Waals surface area contributed by atoms with Crippen LogP contribution in [-0.2, 0) is 20.8 Å². The molecule has 1 saturated heterocycles. The maximum atomic E-state index is 14.2. The van der Waals surface area contributed by atoms with Crippen LogP contribution >= 0.6 is 0 Å². The predicted octanol–water partition coefficient (Wildman–Crippen LogP) is 7.55. The van der Waals surface area contributed by atoms with Crippen molar-refractivity contribution in [2.75, 3.05) is 13.7 Å². The van der Waals surface area contributed by atoms with E-state index in [2.05, 4.69) is 6.92 Å². The Kier molecular flexibility index (Phi) is 11.6. The SMILES string of the molecule is CC.CC/C(OCc1ccc(C2CCC(CC)CO2)cc1)=C(F)\C(F)=C(/C)OC. The molecule has 1 heterocycles. The van der Waals surface area contributed by atoms with Crippen LogP contribution in [0.5, 0.6) is 0 Å². The molecular weight excluding hydrogens is 374 g/mol. The van der Waals surface area contributed by atoms with Gasteiger partial charge in [-0.2, -0.15) is 8.78 Å². The van der Waals surface area contributed by atoms with Gasteiger partial charge in [0.2, 0.25) is 0 Å². The smallest absolute Gasteiger partial charge is 0.199 e. The molecule has 0 aliphatic carbocycles. The summed E-state index contributed by atoms with van der Waals surface area (Å²) in [6.07, 6.45) is 3.78. The van der Waals surface area contributed by atoms with Crippen molar-refractivity contribution in [1.29, 1.82) is 0 Å². The van der Waals surface area contributed by atoms with Crippen molar-refractivity contribution >= 4 is 0 Å². The highest BCUT2D eigenvalue weighted by Crippen LogP contribution is 2.32. The molecule has 0 spiro atoms. The van der Waals surface area contributed by atoms with Gasteiger partial charge in [0.1, 0.15) is 18.1 Å². The Morgan fingerprint density at radius 2 is 1.72 bits per heavy atom. The number of ether oxygens (including phenoxy) is 3. The van der Waals surface area contributed by atoms with Crippen molar-refractivity contribution in [3.8, 4) is 0 Å². The van der Waals surface area contributed by atoms with E-state index in [0.717, 1.165) is 30.6 Å². The summed E-state index contributed by atoms with van der Waals surface area (Å²) >= 11 is 0. The zero-order valence-electron chi connectivity index (χ0n) is 18.7. The average molecular weight is 411 g/mol. The van der Waals surface area contributed by atoms with Gasteiger partial charge in [-0.25, -0.2) is 0 Å². The first-order valence-corrected chi connectivity index (χ1v) is 10.6. The van der Waals surface area contributed by atoms with Crippen LogP contribution in [0.25, 0.3) is 0 Å². The first kappa shape index (κ1) is 25.2. The van der Waals surface area contributed by atoms with Gasteiger partial charge in [0, 0.05) is 6.42 Å². The zero-order chi connectivity index (χ0) is 21.8. The molecule has 5 heteroatoms. The summed E-state index contributed by atoms with van der Waals surface area (Å²) in [5, 5.41) is 0. The number of halogens is 2. The third-order valence-electron chi connectivity index (χ3n) is 5.09. The van der Waals surface area contributed by atoms with E-state index in [0.29, 0.717) is 5.92 Å². The second kappa shape index (κ2) is 13.4. The minimum absolute atomic E-state index is 0.0193. The van der Waals surface area contributed by atoms with E-state index in [9.17, 15) is 8.78 Å². The van der Waals surface area contributed by atoms with Gasteiger partial charge >= 0.3 is 0 Å². The minimum Gasteiger partial charge on any atom is -0.498 e. The third kappa shape index (κ3) is 7.46. The topological polar surface area (TPSA) is 27.7 Å². The molecular formula is C24H36F2O3. The number of hydrogen-bond donors (Lipinski definition) is 0. The molecule has 1 aliphatic rings. The lowest BCUT2D eigenvalue weighted by molar-refractivity contribution is -0.0181. The molecule has 2 unspecified atom stereocenters. The van der Waals surface area contributed by atoms with Crippen molar-refractivity contribution < 1.29 is 23.0 Å². The molecule has 164 valence electrons. The van der Waals surface area contributed by atoms with Gasteiger partial charge in [-0.05, 0) is 36.8 Å². The Labute approximate surface area is 174 Å². The van der Waals surface area contributed by atoms with E-state index in [4.69, 9.17) is 14.2 Å². The number of methoxy groups -OCH3 is 1. The fourth-order valence-electron chi connectivity index (χ4n) is 3.08. The van der Waals surface area contributed by atoms with Crippen LogP contribution in [0, 0.1) is 5.92 Å². The minimum atomic E-state index is -1.02. The summed E-state index contributed by atoms with van der Waals surface area (Å²) in [7, 11) is 1.30. The second-order valence-electron chi connectivity index (χ2n) is 6.87. The molecule has 0 aromatic heterocycles. The van der Waals surface area contributed by atoms with Crippen molar-refractivity contribution in [3.05, 3.63) is 58.6 Å². The lowest BCUT2D eigenvalue weighted by Crippen LogP contribution is -2.20. The quantitative estimate of drug-likeness (QED) is 0.327. The van der Waals surface area contributed by atoms with Crippen LogP contribution in [0.1, 0.15) is 77.5 Å². The fourth-order valence-corrected chi connectivity index (χ4v) is 3.08. The summed E-state index contributed by atoms with van der Waals surface area (Å²) < 4.78 is 44.3. The first-order chi connectivity index (χ1) is 14.0. The van der Waals surface area contributed by atoms with Gasteiger partial charge in [0.15, 0.2) is 11.7 Å². The van der Waals surface area contributed by atoms with Crippen LogP contribution in [0.3, 0.4) is 0 Å². The lowest BCUT2D eigenvalue weighted by atomic mass is 9.93. The summed E-state index contributed by atoms with van der Waals surface area (Å²) in [5.41, 5.74) is 2.04. The molecule has 0 saturated carbocycles. The van der Waals surface area contributed by atoms with Gasteiger partial charge < -0.3 is 14.2 Å². The van der Waals surface area contributed by atoms with Crippen molar-refractivity contribution in [2.45, 2.75) is 73.0 Å². The monoisotopic (exact) mass is 410 g/mol. The van der Waals surface area contributed by atoms with Crippen LogP contribution in [0.4, 0.5) is 8.78 Å². The van der Waals surface area contributed by atoms with E-state index in [1.807, 2.05) is 38.1 Å². The summed E-state index contributed by atoms with van der Waals surface area (Å²) in [4.78, 5) is 0. The molecule has 0 radical (unpaired) electrons. The Morgan fingerprint density at radius 3 is 2.21 bits per heavy atom. The molecule has 3 nitrogen and oxygen atoms in total. The molecule has 0 amide bonds. The second-order valence-corrected chi connectivity index (χ2v) is 6.87. The Balaban J connectivity index is 0.00000204. The molecule has 0 N–H and O–H groups in total. The number of benzene rings is 1. The molecule has 1 fully saturated rings. The summed E-state index contributed by atoms with van der Waals surface area (Å²) in [5.74, 6) is -1.49. The Hall–Kier alpha value is -1.88. The van der Waals surface area contributed by atoms with Crippen molar-refractivity contribution in [1.82, 2.24) is 0 Å².